The van der Waals surface area contributed by atoms with Crippen LogP contribution in [0.2, 0.25) is 0 Å². The Labute approximate surface area is 136 Å². The highest BCUT2D eigenvalue weighted by molar-refractivity contribution is 5.88. The van der Waals surface area contributed by atoms with Crippen LogP contribution in [0.3, 0.4) is 0 Å². The Hall–Kier alpha value is -2.30. The molecule has 3 N–H and O–H groups in total. The molecule has 0 radical (unpaired) electrons. The molecule has 1 atom stereocenters. The van der Waals surface area contributed by atoms with Crippen LogP contribution in [0.4, 0.5) is 0 Å². The molecular formula is C18H24N2O3. The van der Waals surface area contributed by atoms with E-state index in [2.05, 4.69) is 10.3 Å². The van der Waals surface area contributed by atoms with Crippen molar-refractivity contribution in [2.45, 2.75) is 52.0 Å². The number of aliphatic carboxylic acids is 1. The van der Waals surface area contributed by atoms with Gasteiger partial charge in [0.25, 0.3) is 0 Å². The van der Waals surface area contributed by atoms with Gasteiger partial charge in [0.1, 0.15) is 5.54 Å². The number of hydrogen-bond donors (Lipinski definition) is 3. The van der Waals surface area contributed by atoms with Crippen molar-refractivity contribution in [1.82, 2.24) is 10.3 Å². The molecular weight excluding hydrogens is 292 g/mol. The summed E-state index contributed by atoms with van der Waals surface area (Å²) in [6, 6.07) is 6.07. The minimum absolute atomic E-state index is 0.231. The number of para-hydroxylation sites is 1. The fraction of sp³-hybridized carbons (Fsp3) is 0.444. The Kier molecular flexibility index (Phi) is 5.08. The van der Waals surface area contributed by atoms with Crippen LogP contribution in [-0.4, -0.2) is 27.5 Å². The minimum Gasteiger partial charge on any atom is -0.480 e. The van der Waals surface area contributed by atoms with Gasteiger partial charge in [-0.25, -0.2) is 4.79 Å². The average Bonchev–Trinajstić information content (AvgIpc) is 2.90. The number of carboxylic acids is 1. The first-order chi connectivity index (χ1) is 10.9. The van der Waals surface area contributed by atoms with Crippen LogP contribution in [0.5, 0.6) is 0 Å². The highest BCUT2D eigenvalue weighted by atomic mass is 16.4. The Morgan fingerprint density at radius 1 is 1.35 bits per heavy atom. The maximum atomic E-state index is 12.2. The van der Waals surface area contributed by atoms with Gasteiger partial charge < -0.3 is 15.4 Å². The topological polar surface area (TPSA) is 82.2 Å². The van der Waals surface area contributed by atoms with Gasteiger partial charge in [-0.3, -0.25) is 4.79 Å². The van der Waals surface area contributed by atoms with Crippen LogP contribution >= 0.6 is 0 Å². The second-order valence-electron chi connectivity index (χ2n) is 6.25. The highest BCUT2D eigenvalue weighted by Crippen LogP contribution is 2.22. The summed E-state index contributed by atoms with van der Waals surface area (Å²) < 4.78 is 0. The summed E-state index contributed by atoms with van der Waals surface area (Å²) in [5.74, 6) is -1.22. The van der Waals surface area contributed by atoms with E-state index in [9.17, 15) is 14.7 Å². The Morgan fingerprint density at radius 3 is 2.74 bits per heavy atom. The van der Waals surface area contributed by atoms with E-state index >= 15 is 0 Å². The third-order valence-electron chi connectivity index (χ3n) is 4.27. The molecule has 0 saturated carbocycles. The SMILES string of the molecule is CCCC(C)(NC(=O)CCc1c[nH]c2c(C)cccc12)C(=O)O. The quantitative estimate of drug-likeness (QED) is 0.734. The fourth-order valence-electron chi connectivity index (χ4n) is 2.91. The number of H-pyrrole nitrogens is 1. The van der Waals surface area contributed by atoms with Crippen LogP contribution in [0.25, 0.3) is 10.9 Å². The predicted octanol–water partition coefficient (Wildman–Crippen LogP) is 3.17. The summed E-state index contributed by atoms with van der Waals surface area (Å²) in [4.78, 5) is 26.8. The van der Waals surface area contributed by atoms with Gasteiger partial charge in [0.05, 0.1) is 0 Å². The lowest BCUT2D eigenvalue weighted by atomic mass is 9.96. The van der Waals surface area contributed by atoms with E-state index in [0.717, 1.165) is 16.5 Å². The summed E-state index contributed by atoms with van der Waals surface area (Å²) >= 11 is 0. The molecule has 23 heavy (non-hydrogen) atoms. The zero-order valence-electron chi connectivity index (χ0n) is 13.9. The Bertz CT molecular complexity index is 720. The largest absolute Gasteiger partial charge is 0.480 e. The van der Waals surface area contributed by atoms with E-state index in [1.165, 1.54) is 5.56 Å². The normalized spacial score (nSPS) is 13.7. The first-order valence-electron chi connectivity index (χ1n) is 7.97. The van der Waals surface area contributed by atoms with E-state index in [1.807, 2.05) is 38.2 Å². The standard InChI is InChI=1S/C18H24N2O3/c1-4-10-18(3,17(22)23)20-15(21)9-8-13-11-19-16-12(2)6-5-7-14(13)16/h5-7,11,19H,4,8-10H2,1-3H3,(H,20,21)(H,22,23). The van der Waals surface area contributed by atoms with Crippen molar-refractivity contribution >= 4 is 22.8 Å². The zero-order valence-corrected chi connectivity index (χ0v) is 13.9. The van der Waals surface area contributed by atoms with E-state index in [0.29, 0.717) is 19.3 Å². The number of aromatic amines is 1. The van der Waals surface area contributed by atoms with Crippen LogP contribution < -0.4 is 5.32 Å². The molecule has 1 aromatic heterocycles. The molecule has 0 aliphatic rings. The van der Waals surface area contributed by atoms with E-state index in [1.54, 1.807) is 6.92 Å². The number of fused-ring (bicyclic) bond motifs is 1. The molecule has 2 rings (SSSR count). The van der Waals surface area contributed by atoms with Crippen LogP contribution in [0.15, 0.2) is 24.4 Å². The molecule has 124 valence electrons. The third-order valence-corrected chi connectivity index (χ3v) is 4.27. The van der Waals surface area contributed by atoms with Gasteiger partial charge in [0, 0.05) is 23.5 Å². The predicted molar refractivity (Wildman–Crippen MR) is 90.4 cm³/mol. The molecule has 1 unspecified atom stereocenters. The maximum absolute atomic E-state index is 12.2. The second-order valence-corrected chi connectivity index (χ2v) is 6.25. The summed E-state index contributed by atoms with van der Waals surface area (Å²) in [7, 11) is 0. The molecule has 0 bridgehead atoms. The van der Waals surface area contributed by atoms with Gasteiger partial charge >= 0.3 is 5.97 Å². The van der Waals surface area contributed by atoms with E-state index < -0.39 is 11.5 Å². The molecule has 2 aromatic rings. The minimum atomic E-state index is -1.19. The van der Waals surface area contributed by atoms with Gasteiger partial charge in [-0.15, -0.1) is 0 Å². The summed E-state index contributed by atoms with van der Waals surface area (Å²) in [6.07, 6.45) is 3.89. The van der Waals surface area contributed by atoms with Gasteiger partial charge in [-0.1, -0.05) is 31.5 Å². The van der Waals surface area contributed by atoms with Gasteiger partial charge in [0.15, 0.2) is 0 Å². The van der Waals surface area contributed by atoms with Crippen molar-refractivity contribution in [3.63, 3.8) is 0 Å². The first kappa shape index (κ1) is 17.1. The number of carbonyl (C=O) groups is 2. The molecule has 1 aromatic carbocycles. The molecule has 1 heterocycles. The van der Waals surface area contributed by atoms with Gasteiger partial charge in [-0.05, 0) is 37.8 Å². The van der Waals surface area contributed by atoms with Gasteiger partial charge in [0.2, 0.25) is 5.91 Å². The van der Waals surface area contributed by atoms with Crippen LogP contribution in [-0.2, 0) is 16.0 Å². The number of aromatic nitrogens is 1. The van der Waals surface area contributed by atoms with Crippen molar-refractivity contribution in [3.8, 4) is 0 Å². The number of aryl methyl sites for hydroxylation is 2. The molecule has 0 aliphatic carbocycles. The zero-order chi connectivity index (χ0) is 17.0. The lowest BCUT2D eigenvalue weighted by Crippen LogP contribution is -2.52. The molecule has 0 fully saturated rings. The lowest BCUT2D eigenvalue weighted by molar-refractivity contribution is -0.147. The number of amides is 1. The summed E-state index contributed by atoms with van der Waals surface area (Å²) in [6.45, 7) is 5.51. The number of benzene rings is 1. The van der Waals surface area contributed by atoms with E-state index in [4.69, 9.17) is 0 Å². The number of hydrogen-bond acceptors (Lipinski definition) is 2. The van der Waals surface area contributed by atoms with Crippen molar-refractivity contribution in [2.24, 2.45) is 0 Å². The number of carbonyl (C=O) groups excluding carboxylic acids is 1. The first-order valence-corrected chi connectivity index (χ1v) is 7.97. The molecule has 5 nitrogen and oxygen atoms in total. The summed E-state index contributed by atoms with van der Waals surface area (Å²) in [5.41, 5.74) is 2.14. The van der Waals surface area contributed by atoms with Crippen molar-refractivity contribution in [2.75, 3.05) is 0 Å². The van der Waals surface area contributed by atoms with E-state index in [-0.39, 0.29) is 12.3 Å². The maximum Gasteiger partial charge on any atom is 0.329 e. The smallest absolute Gasteiger partial charge is 0.329 e. The number of rotatable bonds is 7. The Balaban J connectivity index is 2.03. The molecule has 0 spiro atoms. The van der Waals surface area contributed by atoms with Crippen molar-refractivity contribution in [3.05, 3.63) is 35.5 Å². The molecule has 5 heteroatoms. The average molecular weight is 316 g/mol. The van der Waals surface area contributed by atoms with Crippen LogP contribution in [0.1, 0.15) is 44.2 Å². The third kappa shape index (κ3) is 3.73. The lowest BCUT2D eigenvalue weighted by Gasteiger charge is -2.25. The number of carboxylic acid groups (broad SMARTS) is 1. The van der Waals surface area contributed by atoms with Crippen LogP contribution in [0, 0.1) is 6.92 Å². The highest BCUT2D eigenvalue weighted by Gasteiger charge is 2.33. The molecule has 0 saturated heterocycles. The van der Waals surface area contributed by atoms with Crippen molar-refractivity contribution < 1.29 is 14.7 Å². The molecule has 1 amide bonds. The molecule has 0 aliphatic heterocycles. The second kappa shape index (κ2) is 6.86. The number of nitrogens with one attached hydrogen (secondary N) is 2. The fourth-order valence-corrected chi connectivity index (χ4v) is 2.91. The van der Waals surface area contributed by atoms with Crippen molar-refractivity contribution in [1.29, 1.82) is 0 Å². The Morgan fingerprint density at radius 2 is 2.09 bits per heavy atom. The summed E-state index contributed by atoms with van der Waals surface area (Å²) in [5, 5.41) is 13.1. The van der Waals surface area contributed by atoms with Gasteiger partial charge in [-0.2, -0.15) is 0 Å². The monoisotopic (exact) mass is 316 g/mol.